The first kappa shape index (κ1) is 9.72. The molecule has 1 heteroatoms. The molecular formula is C13H17O. The van der Waals surface area contributed by atoms with Crippen LogP contribution in [-0.2, 0) is 11.2 Å². The highest BCUT2D eigenvalue weighted by Crippen LogP contribution is 2.21. The van der Waals surface area contributed by atoms with Crippen molar-refractivity contribution in [3.05, 3.63) is 42.8 Å². The lowest BCUT2D eigenvalue weighted by atomic mass is 9.94. The maximum absolute atomic E-state index is 5.71. The summed E-state index contributed by atoms with van der Waals surface area (Å²) >= 11 is 0. The van der Waals surface area contributed by atoms with Crippen LogP contribution in [0.5, 0.6) is 0 Å². The Morgan fingerprint density at radius 3 is 2.79 bits per heavy atom. The van der Waals surface area contributed by atoms with Gasteiger partial charge in [0.05, 0.1) is 6.10 Å². The summed E-state index contributed by atoms with van der Waals surface area (Å²) < 4.78 is 5.71. The van der Waals surface area contributed by atoms with Gasteiger partial charge in [-0.25, -0.2) is 0 Å². The molecule has 2 atom stereocenters. The van der Waals surface area contributed by atoms with Gasteiger partial charge in [-0.1, -0.05) is 37.3 Å². The van der Waals surface area contributed by atoms with Crippen molar-refractivity contribution in [3.8, 4) is 0 Å². The van der Waals surface area contributed by atoms with E-state index in [0.717, 1.165) is 25.9 Å². The Morgan fingerprint density at radius 2 is 2.07 bits per heavy atom. The fourth-order valence-electron chi connectivity index (χ4n) is 1.98. The van der Waals surface area contributed by atoms with Crippen LogP contribution < -0.4 is 0 Å². The van der Waals surface area contributed by atoms with Gasteiger partial charge in [0.15, 0.2) is 0 Å². The van der Waals surface area contributed by atoms with Gasteiger partial charge in [-0.05, 0) is 30.7 Å². The van der Waals surface area contributed by atoms with E-state index in [1.54, 1.807) is 0 Å². The molecule has 1 aliphatic heterocycles. The van der Waals surface area contributed by atoms with E-state index >= 15 is 0 Å². The van der Waals surface area contributed by atoms with Crippen molar-refractivity contribution in [2.75, 3.05) is 6.61 Å². The summed E-state index contributed by atoms with van der Waals surface area (Å²) in [6.07, 6.45) is 3.64. The molecule has 1 nitrogen and oxygen atoms in total. The highest BCUT2D eigenvalue weighted by Gasteiger charge is 2.19. The Bertz CT molecular complexity index is 268. The Morgan fingerprint density at radius 1 is 1.29 bits per heavy atom. The van der Waals surface area contributed by atoms with Crippen molar-refractivity contribution in [3.63, 3.8) is 0 Å². The summed E-state index contributed by atoms with van der Waals surface area (Å²) in [5, 5.41) is 0. The Kier molecular flexibility index (Phi) is 3.20. The maximum Gasteiger partial charge on any atom is 0.0618 e. The minimum atomic E-state index is 0.383. The van der Waals surface area contributed by atoms with Crippen molar-refractivity contribution < 1.29 is 4.74 Å². The molecular weight excluding hydrogens is 172 g/mol. The van der Waals surface area contributed by atoms with E-state index in [1.165, 1.54) is 5.56 Å². The van der Waals surface area contributed by atoms with Gasteiger partial charge in [-0.2, -0.15) is 0 Å². The number of benzene rings is 1. The average Bonchev–Trinajstić information content (AvgIpc) is 2.19. The van der Waals surface area contributed by atoms with E-state index in [-0.39, 0.29) is 0 Å². The van der Waals surface area contributed by atoms with Gasteiger partial charge in [0.1, 0.15) is 0 Å². The van der Waals surface area contributed by atoms with Crippen LogP contribution in [0.25, 0.3) is 0 Å². The molecule has 0 bridgehead atoms. The van der Waals surface area contributed by atoms with Gasteiger partial charge >= 0.3 is 0 Å². The van der Waals surface area contributed by atoms with Gasteiger partial charge in [0.25, 0.3) is 0 Å². The van der Waals surface area contributed by atoms with E-state index in [1.807, 2.05) is 0 Å². The van der Waals surface area contributed by atoms with Crippen LogP contribution in [-0.4, -0.2) is 12.7 Å². The lowest BCUT2D eigenvalue weighted by Crippen LogP contribution is -2.26. The van der Waals surface area contributed by atoms with E-state index in [9.17, 15) is 0 Å². The third-order valence-corrected chi connectivity index (χ3v) is 2.78. The molecule has 1 radical (unpaired) electrons. The van der Waals surface area contributed by atoms with Gasteiger partial charge in [-0.15, -0.1) is 0 Å². The first-order valence-electron chi connectivity index (χ1n) is 5.33. The maximum atomic E-state index is 5.71. The third-order valence-electron chi connectivity index (χ3n) is 2.78. The van der Waals surface area contributed by atoms with Crippen LogP contribution in [0.3, 0.4) is 0 Å². The van der Waals surface area contributed by atoms with E-state index in [0.29, 0.717) is 12.0 Å². The summed E-state index contributed by atoms with van der Waals surface area (Å²) in [5.74, 6) is 0.581. The van der Waals surface area contributed by atoms with E-state index in [4.69, 9.17) is 4.74 Å². The Hall–Kier alpha value is -0.820. The molecule has 1 aliphatic rings. The highest BCUT2D eigenvalue weighted by atomic mass is 16.5. The molecule has 1 saturated heterocycles. The topological polar surface area (TPSA) is 9.23 Å². The van der Waals surface area contributed by atoms with E-state index < -0.39 is 0 Å². The van der Waals surface area contributed by atoms with Crippen molar-refractivity contribution in [2.24, 2.45) is 5.92 Å². The molecule has 0 amide bonds. The molecule has 0 spiro atoms. The van der Waals surface area contributed by atoms with Crippen LogP contribution in [0, 0.1) is 12.8 Å². The fourth-order valence-corrected chi connectivity index (χ4v) is 1.98. The van der Waals surface area contributed by atoms with Crippen molar-refractivity contribution in [2.45, 2.75) is 25.4 Å². The summed E-state index contributed by atoms with van der Waals surface area (Å²) in [6.45, 7) is 4.99. The minimum absolute atomic E-state index is 0.383. The minimum Gasteiger partial charge on any atom is -0.378 e. The SMILES string of the molecule is [CH2]C1CCOC(Cc2ccccc2)C1. The zero-order chi connectivity index (χ0) is 9.80. The van der Waals surface area contributed by atoms with Gasteiger partial charge in [-0.3, -0.25) is 0 Å². The predicted octanol–water partition coefficient (Wildman–Crippen LogP) is 2.86. The average molecular weight is 189 g/mol. The molecule has 1 heterocycles. The highest BCUT2D eigenvalue weighted by molar-refractivity contribution is 5.15. The molecule has 0 aliphatic carbocycles. The van der Waals surface area contributed by atoms with Gasteiger partial charge in [0, 0.05) is 6.61 Å². The summed E-state index contributed by atoms with van der Waals surface area (Å²) in [7, 11) is 0. The predicted molar refractivity (Wildman–Crippen MR) is 58.0 cm³/mol. The zero-order valence-electron chi connectivity index (χ0n) is 8.49. The van der Waals surface area contributed by atoms with Crippen LogP contribution in [0.4, 0.5) is 0 Å². The molecule has 2 unspecified atom stereocenters. The summed E-state index contributed by atoms with van der Waals surface area (Å²) in [5.41, 5.74) is 1.37. The van der Waals surface area contributed by atoms with Crippen molar-refractivity contribution >= 4 is 0 Å². The third kappa shape index (κ3) is 2.58. The van der Waals surface area contributed by atoms with Gasteiger partial charge in [0.2, 0.25) is 0 Å². The number of hydrogen-bond acceptors (Lipinski definition) is 1. The first-order chi connectivity index (χ1) is 6.84. The molecule has 14 heavy (non-hydrogen) atoms. The molecule has 1 aromatic rings. The van der Waals surface area contributed by atoms with Gasteiger partial charge < -0.3 is 4.74 Å². The summed E-state index contributed by atoms with van der Waals surface area (Å²) in [6, 6.07) is 10.5. The van der Waals surface area contributed by atoms with Crippen LogP contribution in [0.2, 0.25) is 0 Å². The summed E-state index contributed by atoms with van der Waals surface area (Å²) in [4.78, 5) is 0. The van der Waals surface area contributed by atoms with E-state index in [2.05, 4.69) is 37.3 Å². The molecule has 0 aromatic heterocycles. The van der Waals surface area contributed by atoms with Crippen molar-refractivity contribution in [1.29, 1.82) is 0 Å². The molecule has 1 fully saturated rings. The van der Waals surface area contributed by atoms with Crippen LogP contribution >= 0.6 is 0 Å². The molecule has 75 valence electrons. The molecule has 2 rings (SSSR count). The quantitative estimate of drug-likeness (QED) is 0.695. The Labute approximate surface area is 86.1 Å². The van der Waals surface area contributed by atoms with Crippen molar-refractivity contribution in [1.82, 2.24) is 0 Å². The monoisotopic (exact) mass is 189 g/mol. The largest absolute Gasteiger partial charge is 0.378 e. The molecule has 0 N–H and O–H groups in total. The Balaban J connectivity index is 1.91. The second-order valence-corrected chi connectivity index (χ2v) is 4.07. The second-order valence-electron chi connectivity index (χ2n) is 4.07. The number of rotatable bonds is 2. The standard InChI is InChI=1S/C13H17O/c1-11-7-8-14-13(9-11)10-12-5-3-2-4-6-12/h2-6,11,13H,1,7-10H2. The second kappa shape index (κ2) is 4.61. The van der Waals surface area contributed by atoms with Crippen LogP contribution in [0.15, 0.2) is 30.3 Å². The molecule has 1 aromatic carbocycles. The normalized spacial score (nSPS) is 27.5. The lowest BCUT2D eigenvalue weighted by Gasteiger charge is -2.27. The number of ether oxygens (including phenoxy) is 1. The first-order valence-corrected chi connectivity index (χ1v) is 5.33. The van der Waals surface area contributed by atoms with Crippen LogP contribution in [0.1, 0.15) is 18.4 Å². The lowest BCUT2D eigenvalue weighted by molar-refractivity contribution is 0.000914. The zero-order valence-corrected chi connectivity index (χ0v) is 8.49. The smallest absolute Gasteiger partial charge is 0.0618 e. The molecule has 0 saturated carbocycles. The fraction of sp³-hybridized carbons (Fsp3) is 0.462. The number of hydrogen-bond donors (Lipinski definition) is 0.